The molecule has 1 aromatic rings. The first-order valence-corrected chi connectivity index (χ1v) is 9.11. The minimum absolute atomic E-state index is 0.0384. The molecule has 1 fully saturated rings. The van der Waals surface area contributed by atoms with Gasteiger partial charge in [0.2, 0.25) is 5.91 Å². The van der Waals surface area contributed by atoms with E-state index in [4.69, 9.17) is 21.1 Å². The van der Waals surface area contributed by atoms with E-state index >= 15 is 0 Å². The largest absolute Gasteiger partial charge is 0.445 e. The second-order valence-electron chi connectivity index (χ2n) is 6.06. The molecule has 2 N–H and O–H groups in total. The highest BCUT2D eigenvalue weighted by Gasteiger charge is 2.23. The number of hydrogen-bond acceptors (Lipinski definition) is 4. The summed E-state index contributed by atoms with van der Waals surface area (Å²) >= 11 is 5.49. The van der Waals surface area contributed by atoms with Crippen LogP contribution in [-0.4, -0.2) is 43.2 Å². The number of halogens is 1. The maximum Gasteiger partial charge on any atom is 0.407 e. The van der Waals surface area contributed by atoms with E-state index in [-0.39, 0.29) is 31.2 Å². The van der Waals surface area contributed by atoms with Crippen LogP contribution in [-0.2, 0) is 20.9 Å². The van der Waals surface area contributed by atoms with Gasteiger partial charge in [-0.05, 0) is 31.2 Å². The van der Waals surface area contributed by atoms with Crippen LogP contribution >= 0.6 is 11.6 Å². The molecule has 0 unspecified atom stereocenters. The molecule has 2 rings (SSSR count). The Bertz CT molecular complexity index is 533. The zero-order chi connectivity index (χ0) is 17.9. The summed E-state index contributed by atoms with van der Waals surface area (Å²) in [4.78, 5) is 23.6. The van der Waals surface area contributed by atoms with Crippen molar-refractivity contribution >= 4 is 23.6 Å². The Morgan fingerprint density at radius 3 is 2.32 bits per heavy atom. The Morgan fingerprint density at radius 1 is 1.04 bits per heavy atom. The molecule has 2 amide bonds. The standard InChI is InChI=1S/C18H25ClN2O4/c19-10-11-24-13-17(22)20-15-6-8-16(9-7-15)21-18(23)25-12-14-4-2-1-3-5-14/h1-5,15-16H,6-13H2,(H,20,22)(H,21,23). The number of benzene rings is 1. The van der Waals surface area contributed by atoms with Crippen molar-refractivity contribution in [1.82, 2.24) is 10.6 Å². The Balaban J connectivity index is 1.60. The predicted molar refractivity (Wildman–Crippen MR) is 95.5 cm³/mol. The number of hydrogen-bond donors (Lipinski definition) is 2. The summed E-state index contributed by atoms with van der Waals surface area (Å²) in [7, 11) is 0. The Hall–Kier alpha value is -1.79. The number of carbonyl (C=O) groups is 2. The number of nitrogens with one attached hydrogen (secondary N) is 2. The number of alkyl carbamates (subject to hydrolysis) is 1. The van der Waals surface area contributed by atoms with Crippen LogP contribution in [0.15, 0.2) is 30.3 Å². The summed E-state index contributed by atoms with van der Waals surface area (Å²) in [5.74, 6) is 0.258. The van der Waals surface area contributed by atoms with E-state index in [1.54, 1.807) is 0 Å². The molecule has 0 radical (unpaired) electrons. The van der Waals surface area contributed by atoms with E-state index in [9.17, 15) is 9.59 Å². The Labute approximate surface area is 153 Å². The van der Waals surface area contributed by atoms with E-state index in [0.717, 1.165) is 31.2 Å². The molecule has 25 heavy (non-hydrogen) atoms. The maximum absolute atomic E-state index is 11.9. The van der Waals surface area contributed by atoms with Crippen LogP contribution in [0.5, 0.6) is 0 Å². The lowest BCUT2D eigenvalue weighted by Crippen LogP contribution is -2.44. The number of alkyl halides is 1. The van der Waals surface area contributed by atoms with Gasteiger partial charge in [0.05, 0.1) is 6.61 Å². The van der Waals surface area contributed by atoms with Gasteiger partial charge in [-0.25, -0.2) is 4.79 Å². The van der Waals surface area contributed by atoms with Gasteiger partial charge >= 0.3 is 6.09 Å². The summed E-state index contributed by atoms with van der Waals surface area (Å²) < 4.78 is 10.3. The van der Waals surface area contributed by atoms with Crippen LogP contribution in [0.4, 0.5) is 4.79 Å². The van der Waals surface area contributed by atoms with Crippen LogP contribution in [0.25, 0.3) is 0 Å². The van der Waals surface area contributed by atoms with Crippen LogP contribution in [0.1, 0.15) is 31.2 Å². The monoisotopic (exact) mass is 368 g/mol. The fourth-order valence-electron chi connectivity index (χ4n) is 2.80. The number of amides is 2. The van der Waals surface area contributed by atoms with Gasteiger partial charge in [0.25, 0.3) is 0 Å². The molecule has 0 spiro atoms. The average molecular weight is 369 g/mol. The van der Waals surface area contributed by atoms with Crippen molar-refractivity contribution in [3.05, 3.63) is 35.9 Å². The molecule has 6 nitrogen and oxygen atoms in total. The van der Waals surface area contributed by atoms with Crippen LogP contribution in [0.2, 0.25) is 0 Å². The Morgan fingerprint density at radius 2 is 1.68 bits per heavy atom. The van der Waals surface area contributed by atoms with Gasteiger partial charge in [-0.2, -0.15) is 0 Å². The van der Waals surface area contributed by atoms with Crippen molar-refractivity contribution < 1.29 is 19.1 Å². The third-order valence-corrected chi connectivity index (χ3v) is 4.24. The quantitative estimate of drug-likeness (QED) is 0.546. The lowest BCUT2D eigenvalue weighted by Gasteiger charge is -2.29. The second-order valence-corrected chi connectivity index (χ2v) is 6.44. The first kappa shape index (κ1) is 19.5. The number of carbonyl (C=O) groups excluding carboxylic acids is 2. The van der Waals surface area contributed by atoms with Crippen LogP contribution in [0.3, 0.4) is 0 Å². The second kappa shape index (κ2) is 10.9. The SMILES string of the molecule is O=C(COCCCl)NC1CCC(NC(=O)OCc2ccccc2)CC1. The molecular weight excluding hydrogens is 344 g/mol. The van der Waals surface area contributed by atoms with E-state index in [1.165, 1.54) is 0 Å². The van der Waals surface area contributed by atoms with Crippen molar-refractivity contribution in [3.63, 3.8) is 0 Å². The topological polar surface area (TPSA) is 76.7 Å². The van der Waals surface area contributed by atoms with Gasteiger partial charge in [-0.3, -0.25) is 4.79 Å². The smallest absolute Gasteiger partial charge is 0.407 e. The van der Waals surface area contributed by atoms with Crippen molar-refractivity contribution in [3.8, 4) is 0 Å². The van der Waals surface area contributed by atoms with E-state index in [0.29, 0.717) is 12.5 Å². The highest BCUT2D eigenvalue weighted by Crippen LogP contribution is 2.18. The summed E-state index contributed by atoms with van der Waals surface area (Å²) in [5, 5.41) is 5.84. The Kier molecular flexibility index (Phi) is 8.55. The normalized spacial score (nSPS) is 19.9. The summed E-state index contributed by atoms with van der Waals surface area (Å²) in [5.41, 5.74) is 0.959. The number of rotatable bonds is 8. The molecule has 0 atom stereocenters. The van der Waals surface area contributed by atoms with Crippen LogP contribution < -0.4 is 10.6 Å². The van der Waals surface area contributed by atoms with Gasteiger partial charge in [0, 0.05) is 18.0 Å². The zero-order valence-corrected chi connectivity index (χ0v) is 15.0. The van der Waals surface area contributed by atoms with Gasteiger partial charge in [-0.15, -0.1) is 11.6 Å². The van der Waals surface area contributed by atoms with Gasteiger partial charge in [0.15, 0.2) is 0 Å². The lowest BCUT2D eigenvalue weighted by molar-refractivity contribution is -0.126. The predicted octanol–water partition coefficient (Wildman–Crippen LogP) is 2.60. The van der Waals surface area contributed by atoms with Crippen molar-refractivity contribution in [2.24, 2.45) is 0 Å². The summed E-state index contributed by atoms with van der Waals surface area (Å²) in [6, 6.07) is 9.79. The van der Waals surface area contributed by atoms with Crippen molar-refractivity contribution in [1.29, 1.82) is 0 Å². The van der Waals surface area contributed by atoms with Crippen molar-refractivity contribution in [2.45, 2.75) is 44.4 Å². The molecule has 1 saturated carbocycles. The molecule has 138 valence electrons. The molecule has 0 aliphatic heterocycles. The summed E-state index contributed by atoms with van der Waals surface area (Å²) in [6.07, 6.45) is 2.88. The third-order valence-electron chi connectivity index (χ3n) is 4.08. The van der Waals surface area contributed by atoms with Gasteiger partial charge < -0.3 is 20.1 Å². The third kappa shape index (κ3) is 7.75. The van der Waals surface area contributed by atoms with Gasteiger partial charge in [-0.1, -0.05) is 30.3 Å². The number of ether oxygens (including phenoxy) is 2. The maximum atomic E-state index is 11.9. The minimum Gasteiger partial charge on any atom is -0.445 e. The fourth-order valence-corrected chi connectivity index (χ4v) is 2.91. The average Bonchev–Trinajstić information content (AvgIpc) is 2.63. The first-order valence-electron chi connectivity index (χ1n) is 8.57. The van der Waals surface area contributed by atoms with E-state index in [1.807, 2.05) is 30.3 Å². The van der Waals surface area contributed by atoms with Crippen molar-refractivity contribution in [2.75, 3.05) is 19.1 Å². The lowest BCUT2D eigenvalue weighted by atomic mass is 9.91. The molecule has 0 aromatic heterocycles. The highest BCUT2D eigenvalue weighted by atomic mass is 35.5. The minimum atomic E-state index is -0.397. The molecule has 0 saturated heterocycles. The molecule has 0 heterocycles. The van der Waals surface area contributed by atoms with Crippen LogP contribution in [0, 0.1) is 0 Å². The van der Waals surface area contributed by atoms with E-state index in [2.05, 4.69) is 10.6 Å². The molecular formula is C18H25ClN2O4. The molecule has 7 heteroatoms. The van der Waals surface area contributed by atoms with E-state index < -0.39 is 6.09 Å². The van der Waals surface area contributed by atoms with Gasteiger partial charge in [0.1, 0.15) is 13.2 Å². The highest BCUT2D eigenvalue weighted by molar-refractivity contribution is 6.17. The zero-order valence-electron chi connectivity index (χ0n) is 14.2. The molecule has 1 aliphatic carbocycles. The molecule has 0 bridgehead atoms. The fraction of sp³-hybridized carbons (Fsp3) is 0.556. The molecule has 1 aromatic carbocycles. The first-order chi connectivity index (χ1) is 12.2. The summed E-state index contributed by atoms with van der Waals surface area (Å²) in [6.45, 7) is 0.674. The molecule has 1 aliphatic rings.